The number of hydrogen-bond acceptors (Lipinski definition) is 2. The summed E-state index contributed by atoms with van der Waals surface area (Å²) in [7, 11) is 0. The van der Waals surface area contributed by atoms with Crippen LogP contribution in [-0.2, 0) is 5.41 Å². The predicted molar refractivity (Wildman–Crippen MR) is 470 cm³/mol. The summed E-state index contributed by atoms with van der Waals surface area (Å²) >= 11 is 0. The first-order valence-corrected chi connectivity index (χ1v) is 38.7. The maximum absolute atomic E-state index is 6.08. The molecule has 0 fully saturated rings. The molecule has 17 aromatic carbocycles. The lowest BCUT2D eigenvalue weighted by atomic mass is 9.72. The molecule has 524 valence electrons. The Kier molecular flexibility index (Phi) is 13.2. The minimum absolute atomic E-state index is 0.457. The van der Waals surface area contributed by atoms with E-state index < -0.39 is 5.41 Å². The molecule has 23 aromatic rings. The fraction of sp³-hybridized carbons (Fsp3) is 0.0288. The highest BCUT2D eigenvalue weighted by molar-refractivity contribution is 6.28. The van der Waals surface area contributed by atoms with E-state index in [1.54, 1.807) is 0 Å². The fourth-order valence-corrected chi connectivity index (χ4v) is 19.5. The minimum atomic E-state index is -0.457. The van der Waals surface area contributed by atoms with Crippen molar-refractivity contribution in [3.8, 4) is 34.1 Å². The summed E-state index contributed by atoms with van der Waals surface area (Å²) in [5.41, 5.74) is 26.1. The van der Waals surface area contributed by atoms with Gasteiger partial charge < -0.3 is 32.3 Å². The van der Waals surface area contributed by atoms with Crippen LogP contribution in [0.5, 0.6) is 0 Å². The highest BCUT2D eigenvalue weighted by Gasteiger charge is 2.38. The number of benzene rings is 16. The van der Waals surface area contributed by atoms with Gasteiger partial charge in [-0.3, -0.25) is 4.98 Å². The zero-order valence-electron chi connectivity index (χ0n) is 61.4. The second-order valence-electron chi connectivity index (χ2n) is 30.6. The average molecular weight is 1430 g/mol. The normalized spacial score (nSPS) is 13.0. The van der Waals surface area contributed by atoms with Crippen molar-refractivity contribution in [2.45, 2.75) is 19.3 Å². The third-order valence-electron chi connectivity index (χ3n) is 24.4. The topological polar surface area (TPSA) is 45.7 Å². The summed E-state index contributed by atoms with van der Waals surface area (Å²) in [4.78, 5) is 8.58. The number of anilines is 3. The van der Waals surface area contributed by atoms with E-state index in [9.17, 15) is 0 Å². The summed E-state index contributed by atoms with van der Waals surface area (Å²) in [6.07, 6.45) is 2.15. The van der Waals surface area contributed by atoms with Crippen LogP contribution in [0, 0.1) is 0 Å². The number of para-hydroxylation sites is 12. The molecule has 1 aliphatic heterocycles. The Morgan fingerprint density at radius 3 is 0.982 bits per heavy atom. The minimum Gasteiger partial charge on any atom is -0.310 e. The first-order valence-electron chi connectivity index (χ1n) is 38.7. The van der Waals surface area contributed by atoms with Crippen LogP contribution in [0.1, 0.15) is 25.0 Å². The number of aromatic nitrogens is 7. The SMILES string of the molecule is CC1(C)c2ccccc2N(c2ccccc2)c2cc3c4cc5c(cc4c4ccc(-n6c7ccccc7c7cc(-n8c9ccccc9c9ccccc98)ccc76)cc4c4cc(-n6c7ccccc7c7cc(-n8c9ccccc9c9ccccc98)ccc76)cnc4c3cc21)n(-c1ccccc1)c1ccccc1n5-c1ccccc1. The van der Waals surface area contributed by atoms with Crippen LogP contribution in [0.25, 0.3) is 187 Å². The number of fused-ring (bicyclic) bond motifs is 24. The van der Waals surface area contributed by atoms with Crippen molar-refractivity contribution in [1.29, 1.82) is 0 Å². The van der Waals surface area contributed by atoms with Crippen LogP contribution in [0.15, 0.2) is 376 Å². The van der Waals surface area contributed by atoms with Gasteiger partial charge in [0.25, 0.3) is 0 Å². The first-order chi connectivity index (χ1) is 55.4. The summed E-state index contributed by atoms with van der Waals surface area (Å²) in [5, 5.41) is 17.1. The van der Waals surface area contributed by atoms with Crippen LogP contribution in [-0.4, -0.2) is 32.4 Å². The van der Waals surface area contributed by atoms with Crippen molar-refractivity contribution in [3.63, 3.8) is 0 Å². The molecule has 0 unspecified atom stereocenters. The number of pyridine rings is 1. The van der Waals surface area contributed by atoms with Gasteiger partial charge >= 0.3 is 0 Å². The fourth-order valence-electron chi connectivity index (χ4n) is 19.5. The molecule has 7 heterocycles. The van der Waals surface area contributed by atoms with Crippen LogP contribution < -0.4 is 4.90 Å². The Balaban J connectivity index is 0.869. The van der Waals surface area contributed by atoms with Gasteiger partial charge in [-0.15, -0.1) is 0 Å². The summed E-state index contributed by atoms with van der Waals surface area (Å²) in [6, 6.07) is 138. The van der Waals surface area contributed by atoms with Crippen LogP contribution >= 0.6 is 0 Å². The van der Waals surface area contributed by atoms with Crippen molar-refractivity contribution in [1.82, 2.24) is 32.4 Å². The Hall–Kier alpha value is -14.7. The maximum Gasteiger partial charge on any atom is 0.0788 e. The van der Waals surface area contributed by atoms with Gasteiger partial charge in [-0.25, -0.2) is 0 Å². The van der Waals surface area contributed by atoms with Gasteiger partial charge in [-0.05, 0) is 208 Å². The Labute approximate surface area is 643 Å². The molecule has 0 amide bonds. The van der Waals surface area contributed by atoms with E-state index in [2.05, 4.69) is 422 Å². The lowest BCUT2D eigenvalue weighted by Gasteiger charge is -2.42. The summed E-state index contributed by atoms with van der Waals surface area (Å²) in [5.74, 6) is 0. The Bertz CT molecular complexity index is 7930. The van der Waals surface area contributed by atoms with Crippen molar-refractivity contribution in [3.05, 3.63) is 387 Å². The van der Waals surface area contributed by atoms with Crippen molar-refractivity contribution >= 4 is 170 Å². The van der Waals surface area contributed by atoms with E-state index in [0.29, 0.717) is 0 Å². The highest BCUT2D eigenvalue weighted by atomic mass is 15.2. The van der Waals surface area contributed by atoms with Gasteiger partial charge in [0.2, 0.25) is 0 Å². The third kappa shape index (κ3) is 8.85. The lowest BCUT2D eigenvalue weighted by Crippen LogP contribution is -2.30. The van der Waals surface area contributed by atoms with E-state index in [1.807, 2.05) is 0 Å². The van der Waals surface area contributed by atoms with E-state index in [1.165, 1.54) is 65.5 Å². The average Bonchev–Trinajstić information content (AvgIpc) is 0.998. The molecule has 0 radical (unpaired) electrons. The van der Waals surface area contributed by atoms with E-state index >= 15 is 0 Å². The van der Waals surface area contributed by atoms with Crippen LogP contribution in [0.2, 0.25) is 0 Å². The van der Waals surface area contributed by atoms with Crippen molar-refractivity contribution in [2.75, 3.05) is 4.90 Å². The van der Waals surface area contributed by atoms with Crippen molar-refractivity contribution in [2.24, 2.45) is 0 Å². The molecule has 0 atom stereocenters. The Morgan fingerprint density at radius 2 is 0.509 bits per heavy atom. The molecule has 24 rings (SSSR count). The zero-order chi connectivity index (χ0) is 73.6. The molecule has 0 bridgehead atoms. The van der Waals surface area contributed by atoms with E-state index in [0.717, 1.165) is 149 Å². The molecule has 0 saturated carbocycles. The molecule has 0 spiro atoms. The van der Waals surface area contributed by atoms with Gasteiger partial charge in [0.1, 0.15) is 0 Å². The molecule has 0 aliphatic carbocycles. The second-order valence-corrected chi connectivity index (χ2v) is 30.6. The molecule has 6 aromatic heterocycles. The first kappa shape index (κ1) is 62.3. The molecule has 0 saturated heterocycles. The second kappa shape index (κ2) is 23.6. The monoisotopic (exact) mass is 1430 g/mol. The zero-order valence-corrected chi connectivity index (χ0v) is 61.4. The third-order valence-corrected chi connectivity index (χ3v) is 24.4. The van der Waals surface area contributed by atoms with Gasteiger partial charge in [-0.1, -0.05) is 214 Å². The molecule has 0 N–H and O–H groups in total. The van der Waals surface area contributed by atoms with Gasteiger partial charge in [0.05, 0.1) is 95.0 Å². The van der Waals surface area contributed by atoms with Crippen LogP contribution in [0.4, 0.5) is 17.1 Å². The molecule has 8 heteroatoms. The number of nitrogens with zero attached hydrogens (tertiary/aromatic N) is 8. The standard InChI is InChI=1S/C104H68N8/c1-104(2)87-40-18-25-47-97(87)106(65-28-6-3-7-29-65)100-61-82-81-63-102-101(107(66-30-8-4-9-31-66)98-48-26-27-49-99(98)108(102)67-32-10-5-11-33-67)62-80(81)72-53-50-68(111-93-45-23-16-38-77(93)83-57-69(51-54-95(83)111)109-89-41-19-12-34-73(89)74-35-13-20-42-90(74)109)56-79(72)85-59-71(64-105-103(85)86(82)60-88(100)104)112-94-46-24-17-39-78(94)84-58-70(52-55-96(84)112)110-91-43-21-14-36-75(91)76-37-15-22-44-92(76)110/h3-64H,1-2H3. The van der Waals surface area contributed by atoms with Gasteiger partial charge in [-0.2, -0.15) is 0 Å². The largest absolute Gasteiger partial charge is 0.310 e. The molecule has 112 heavy (non-hydrogen) atoms. The van der Waals surface area contributed by atoms with Gasteiger partial charge in [0, 0.05) is 93.4 Å². The maximum atomic E-state index is 6.08. The quantitative estimate of drug-likeness (QED) is 0.149. The van der Waals surface area contributed by atoms with Crippen LogP contribution in [0.3, 0.4) is 0 Å². The molecule has 8 nitrogen and oxygen atoms in total. The smallest absolute Gasteiger partial charge is 0.0788 e. The molecular formula is C104H68N8. The lowest BCUT2D eigenvalue weighted by molar-refractivity contribution is 0.633. The Morgan fingerprint density at radius 1 is 0.188 bits per heavy atom. The number of hydrogen-bond donors (Lipinski definition) is 0. The summed E-state index contributed by atoms with van der Waals surface area (Å²) in [6.45, 7) is 4.82. The van der Waals surface area contributed by atoms with E-state index in [4.69, 9.17) is 4.98 Å². The van der Waals surface area contributed by atoms with Gasteiger partial charge in [0.15, 0.2) is 0 Å². The van der Waals surface area contributed by atoms with E-state index in [-0.39, 0.29) is 0 Å². The summed E-state index contributed by atoms with van der Waals surface area (Å²) < 4.78 is 14.8. The molecular weight excluding hydrogens is 1360 g/mol. The molecule has 1 aliphatic rings. The highest BCUT2D eigenvalue weighted by Crippen LogP contribution is 2.55. The number of rotatable bonds is 7. The van der Waals surface area contributed by atoms with Crippen molar-refractivity contribution < 1.29 is 0 Å². The predicted octanol–water partition coefficient (Wildman–Crippen LogP) is 27.2.